The van der Waals surface area contributed by atoms with Crippen molar-refractivity contribution < 1.29 is 4.79 Å². The molecule has 1 N–H and O–H groups in total. The summed E-state index contributed by atoms with van der Waals surface area (Å²) in [4.78, 5) is 34.5. The topological polar surface area (TPSA) is 83.4 Å². The highest BCUT2D eigenvalue weighted by Crippen LogP contribution is 2.40. The zero-order chi connectivity index (χ0) is 20.0. The molecular weight excluding hydrogens is 384 g/mol. The molecule has 3 aromatic rings. The van der Waals surface area contributed by atoms with E-state index in [0.29, 0.717) is 6.54 Å². The van der Waals surface area contributed by atoms with Gasteiger partial charge in [0.2, 0.25) is 5.91 Å². The summed E-state index contributed by atoms with van der Waals surface area (Å²) in [6.07, 6.45) is 7.82. The quantitative estimate of drug-likeness (QED) is 0.718. The summed E-state index contributed by atoms with van der Waals surface area (Å²) < 4.78 is 0. The van der Waals surface area contributed by atoms with Gasteiger partial charge >= 0.3 is 0 Å². The fourth-order valence-corrected chi connectivity index (χ4v) is 5.34. The predicted octanol–water partition coefficient (Wildman–Crippen LogP) is 3.35. The van der Waals surface area contributed by atoms with Crippen LogP contribution < -0.4 is 5.32 Å². The van der Waals surface area contributed by atoms with E-state index in [1.807, 2.05) is 31.3 Å². The predicted molar refractivity (Wildman–Crippen MR) is 115 cm³/mol. The first-order valence-electron chi connectivity index (χ1n) is 9.90. The first-order chi connectivity index (χ1) is 14.1. The van der Waals surface area contributed by atoms with Crippen LogP contribution in [0.1, 0.15) is 35.0 Å². The van der Waals surface area contributed by atoms with Gasteiger partial charge in [-0.3, -0.25) is 14.8 Å². The second kappa shape index (κ2) is 7.18. The van der Waals surface area contributed by atoms with E-state index >= 15 is 0 Å². The summed E-state index contributed by atoms with van der Waals surface area (Å²) in [6, 6.07) is 2.06. The van der Waals surface area contributed by atoms with Gasteiger partial charge in [-0.05, 0) is 37.8 Å². The Morgan fingerprint density at radius 1 is 1.34 bits per heavy atom. The number of rotatable bonds is 4. The fraction of sp³-hybridized carbons (Fsp3) is 0.381. The number of nitrogens with zero attached hydrogens (tertiary/aromatic N) is 5. The summed E-state index contributed by atoms with van der Waals surface area (Å²) in [5.41, 5.74) is 4.23. The minimum atomic E-state index is 0.0603. The lowest BCUT2D eigenvalue weighted by Gasteiger charge is -2.26. The largest absolute Gasteiger partial charge is 0.346 e. The number of amides is 1. The lowest BCUT2D eigenvalue weighted by molar-refractivity contribution is -0.134. The van der Waals surface area contributed by atoms with E-state index in [1.165, 1.54) is 10.4 Å². The number of anilines is 2. The average Bonchev–Trinajstić information content (AvgIpc) is 3.36. The van der Waals surface area contributed by atoms with Crippen molar-refractivity contribution in [1.82, 2.24) is 19.9 Å². The second-order valence-corrected chi connectivity index (χ2v) is 8.64. The number of hydrogen-bond acceptors (Lipinski definition) is 7. The van der Waals surface area contributed by atoms with E-state index in [2.05, 4.69) is 31.3 Å². The summed E-state index contributed by atoms with van der Waals surface area (Å²) in [5.74, 6) is 1.11. The van der Waals surface area contributed by atoms with Crippen molar-refractivity contribution in [3.8, 4) is 0 Å². The van der Waals surface area contributed by atoms with E-state index in [9.17, 15) is 4.79 Å². The van der Waals surface area contributed by atoms with Crippen molar-refractivity contribution in [2.75, 3.05) is 18.9 Å². The maximum absolute atomic E-state index is 12.6. The number of carbonyl (C=O) groups excluding carboxylic acids is 1. The molecule has 3 aromatic heterocycles. The van der Waals surface area contributed by atoms with Gasteiger partial charge in [-0.1, -0.05) is 0 Å². The van der Waals surface area contributed by atoms with E-state index in [0.717, 1.165) is 58.8 Å². The molecule has 0 fully saturated rings. The van der Waals surface area contributed by atoms with E-state index in [1.54, 1.807) is 17.7 Å². The van der Waals surface area contributed by atoms with Crippen molar-refractivity contribution in [2.24, 2.45) is 10.9 Å². The van der Waals surface area contributed by atoms with Crippen LogP contribution in [0.2, 0.25) is 0 Å². The van der Waals surface area contributed by atoms with Crippen LogP contribution in [0.4, 0.5) is 11.5 Å². The van der Waals surface area contributed by atoms with Gasteiger partial charge in [-0.2, -0.15) is 0 Å². The second-order valence-electron chi connectivity index (χ2n) is 7.55. The molecule has 0 unspecified atom stereocenters. The first-order valence-corrected chi connectivity index (χ1v) is 10.7. The van der Waals surface area contributed by atoms with Crippen molar-refractivity contribution in [3.63, 3.8) is 0 Å². The van der Waals surface area contributed by atoms with Gasteiger partial charge in [0.05, 0.1) is 29.5 Å². The van der Waals surface area contributed by atoms with Crippen LogP contribution in [0, 0.1) is 5.92 Å². The minimum absolute atomic E-state index is 0.0603. The number of pyridine rings is 1. The highest BCUT2D eigenvalue weighted by molar-refractivity contribution is 7.19. The monoisotopic (exact) mass is 406 g/mol. The fourth-order valence-electron chi connectivity index (χ4n) is 4.07. The molecule has 2 aliphatic rings. The SMILES string of the molecule is CCN(C)C(=O)[C@H]1CCc2c(sc3ncnc(Nc4cnc5c(c4)C=NC5)c23)C1. The van der Waals surface area contributed by atoms with Crippen LogP contribution in [0.3, 0.4) is 0 Å². The summed E-state index contributed by atoms with van der Waals surface area (Å²) >= 11 is 1.69. The number of thiophene rings is 1. The van der Waals surface area contributed by atoms with Gasteiger partial charge in [0.25, 0.3) is 0 Å². The smallest absolute Gasteiger partial charge is 0.225 e. The summed E-state index contributed by atoms with van der Waals surface area (Å²) in [6.45, 7) is 3.41. The van der Waals surface area contributed by atoms with Crippen molar-refractivity contribution >= 4 is 45.2 Å². The number of hydrogen-bond donors (Lipinski definition) is 1. The molecular formula is C21H22N6OS. The molecule has 0 aromatic carbocycles. The summed E-state index contributed by atoms with van der Waals surface area (Å²) in [7, 11) is 1.88. The number of carbonyl (C=O) groups is 1. The van der Waals surface area contributed by atoms with Crippen molar-refractivity contribution in [3.05, 3.63) is 40.3 Å². The average molecular weight is 407 g/mol. The van der Waals surface area contributed by atoms with E-state index in [-0.39, 0.29) is 11.8 Å². The molecule has 0 bridgehead atoms. The zero-order valence-electron chi connectivity index (χ0n) is 16.5. The molecule has 8 heteroatoms. The maximum atomic E-state index is 12.6. The molecule has 0 saturated heterocycles. The van der Waals surface area contributed by atoms with Crippen LogP contribution in [-0.4, -0.2) is 45.6 Å². The van der Waals surface area contributed by atoms with Gasteiger partial charge in [0, 0.05) is 36.2 Å². The molecule has 1 atom stereocenters. The van der Waals surface area contributed by atoms with Crippen LogP contribution in [0.5, 0.6) is 0 Å². The van der Waals surface area contributed by atoms with Gasteiger partial charge in [-0.25, -0.2) is 9.97 Å². The molecule has 4 heterocycles. The Morgan fingerprint density at radius 3 is 3.10 bits per heavy atom. The van der Waals surface area contributed by atoms with Crippen molar-refractivity contribution in [1.29, 1.82) is 0 Å². The number of fused-ring (bicyclic) bond motifs is 4. The molecule has 0 saturated carbocycles. The van der Waals surface area contributed by atoms with Crippen LogP contribution in [0.15, 0.2) is 23.6 Å². The van der Waals surface area contributed by atoms with E-state index in [4.69, 9.17) is 0 Å². The lowest BCUT2D eigenvalue weighted by atomic mass is 9.87. The Balaban J connectivity index is 1.47. The van der Waals surface area contributed by atoms with Gasteiger partial charge < -0.3 is 10.2 Å². The third-order valence-corrected chi connectivity index (χ3v) is 6.95. The highest BCUT2D eigenvalue weighted by atomic mass is 32.1. The molecule has 148 valence electrons. The minimum Gasteiger partial charge on any atom is -0.346 e. The Labute approximate surface area is 172 Å². The molecule has 0 radical (unpaired) electrons. The maximum Gasteiger partial charge on any atom is 0.225 e. The Bertz CT molecular complexity index is 1140. The Kier molecular flexibility index (Phi) is 4.50. The highest BCUT2D eigenvalue weighted by Gasteiger charge is 2.30. The van der Waals surface area contributed by atoms with Crippen LogP contribution in [0.25, 0.3) is 10.2 Å². The number of aromatic nitrogens is 3. The normalized spacial score (nSPS) is 17.2. The first kappa shape index (κ1) is 18.2. The lowest BCUT2D eigenvalue weighted by Crippen LogP contribution is -2.35. The number of nitrogens with one attached hydrogen (secondary N) is 1. The molecule has 5 rings (SSSR count). The molecule has 1 amide bonds. The van der Waals surface area contributed by atoms with Gasteiger partial charge in [-0.15, -0.1) is 11.3 Å². The van der Waals surface area contributed by atoms with Crippen LogP contribution in [-0.2, 0) is 24.2 Å². The molecule has 0 spiro atoms. The van der Waals surface area contributed by atoms with Crippen molar-refractivity contribution in [2.45, 2.75) is 32.7 Å². The standard InChI is InChI=1S/C21H22N6OS/c1-3-27(2)21(28)12-4-5-15-17(7-12)29-20-18(15)19(24-11-25-20)26-14-6-13-8-22-10-16(13)23-9-14/h6,8-9,11-12H,3-5,7,10H2,1-2H3,(H,24,25,26)/t12-/m0/s1. The van der Waals surface area contributed by atoms with Gasteiger partial charge in [0.15, 0.2) is 0 Å². The van der Waals surface area contributed by atoms with E-state index < -0.39 is 0 Å². The third kappa shape index (κ3) is 3.17. The van der Waals surface area contributed by atoms with Gasteiger partial charge in [0.1, 0.15) is 17.0 Å². The molecule has 7 nitrogen and oxygen atoms in total. The third-order valence-electron chi connectivity index (χ3n) is 5.78. The molecule has 1 aliphatic heterocycles. The Hall–Kier alpha value is -2.87. The van der Waals surface area contributed by atoms with Crippen LogP contribution >= 0.6 is 11.3 Å². The number of aliphatic imine (C=N–C) groups is 1. The number of aryl methyl sites for hydroxylation is 1. The Morgan fingerprint density at radius 2 is 2.24 bits per heavy atom. The molecule has 29 heavy (non-hydrogen) atoms. The zero-order valence-corrected chi connectivity index (χ0v) is 17.3. The summed E-state index contributed by atoms with van der Waals surface area (Å²) in [5, 5.41) is 4.51. The molecule has 1 aliphatic carbocycles.